The highest BCUT2D eigenvalue weighted by molar-refractivity contribution is 5.89. The molecule has 0 spiro atoms. The van der Waals surface area contributed by atoms with Crippen LogP contribution in [0.5, 0.6) is 11.5 Å². The van der Waals surface area contributed by atoms with E-state index in [4.69, 9.17) is 14.2 Å². The number of aliphatic hydroxyl groups is 1. The van der Waals surface area contributed by atoms with E-state index in [1.807, 2.05) is 42.5 Å². The van der Waals surface area contributed by atoms with E-state index < -0.39 is 12.6 Å². The Hall–Kier alpha value is -3.90. The van der Waals surface area contributed by atoms with Crippen molar-refractivity contribution in [1.82, 2.24) is 0 Å². The molecule has 0 aromatic heterocycles. The molecule has 0 radical (unpaired) electrons. The van der Waals surface area contributed by atoms with Crippen LogP contribution in [0.3, 0.4) is 0 Å². The van der Waals surface area contributed by atoms with Gasteiger partial charge in [0.1, 0.15) is 24.7 Å². The van der Waals surface area contributed by atoms with E-state index >= 15 is 0 Å². The Balaban J connectivity index is 1.49. The van der Waals surface area contributed by atoms with Crippen molar-refractivity contribution >= 4 is 11.9 Å². The minimum atomic E-state index is -0.605. The highest BCUT2D eigenvalue weighted by atomic mass is 16.6. The summed E-state index contributed by atoms with van der Waals surface area (Å²) in [6.07, 6.45) is 10.2. The lowest BCUT2D eigenvalue weighted by Crippen LogP contribution is -2.15. The number of ether oxygens (including phenoxy) is 3. The lowest BCUT2D eigenvalue weighted by molar-refractivity contribution is -0.144. The van der Waals surface area contributed by atoms with Gasteiger partial charge in [-0.3, -0.25) is 4.79 Å². The quantitative estimate of drug-likeness (QED) is 0.0816. The Kier molecular flexibility index (Phi) is 12.6. The highest BCUT2D eigenvalue weighted by Gasteiger charge is 2.25. The van der Waals surface area contributed by atoms with Gasteiger partial charge in [0, 0.05) is 6.42 Å². The molecule has 0 atom stereocenters. The predicted molar refractivity (Wildman–Crippen MR) is 175 cm³/mol. The molecule has 0 unspecified atom stereocenters. The van der Waals surface area contributed by atoms with Crippen LogP contribution in [0.15, 0.2) is 78.9 Å². The van der Waals surface area contributed by atoms with Gasteiger partial charge in [0.2, 0.25) is 0 Å². The summed E-state index contributed by atoms with van der Waals surface area (Å²) >= 11 is 0. The number of carbonyl (C=O) groups excluding carboxylic acids is 2. The zero-order valence-corrected chi connectivity index (χ0v) is 26.2. The van der Waals surface area contributed by atoms with Crippen LogP contribution in [0, 0.1) is 5.92 Å². The van der Waals surface area contributed by atoms with Gasteiger partial charge < -0.3 is 19.3 Å². The SMILES string of the molecule is C=C(CO)C(=O)Oc1ccc(-c2ccc(-c3ccc(OCCOC(=O)CC)cc3)cc2)c(C2CCC(CCCCC)CC2)c1. The van der Waals surface area contributed by atoms with Gasteiger partial charge in [-0.25, -0.2) is 4.79 Å². The van der Waals surface area contributed by atoms with Crippen molar-refractivity contribution in [1.29, 1.82) is 0 Å². The summed E-state index contributed by atoms with van der Waals surface area (Å²) in [6.45, 7) is 7.75. The number of rotatable bonds is 15. The van der Waals surface area contributed by atoms with Crippen molar-refractivity contribution in [3.05, 3.63) is 84.4 Å². The lowest BCUT2D eigenvalue weighted by Gasteiger charge is -2.30. The maximum absolute atomic E-state index is 12.3. The van der Waals surface area contributed by atoms with Crippen LogP contribution in [-0.2, 0) is 14.3 Å². The second-order valence-corrected chi connectivity index (χ2v) is 11.6. The molecule has 4 rings (SSSR count). The second-order valence-electron chi connectivity index (χ2n) is 11.6. The minimum absolute atomic E-state index is 0.0378. The van der Waals surface area contributed by atoms with Crippen LogP contribution in [0.4, 0.5) is 0 Å². The molecule has 1 aliphatic rings. The largest absolute Gasteiger partial charge is 0.490 e. The molecule has 6 nitrogen and oxygen atoms in total. The summed E-state index contributed by atoms with van der Waals surface area (Å²) < 4.78 is 16.3. The van der Waals surface area contributed by atoms with Crippen LogP contribution < -0.4 is 9.47 Å². The Morgan fingerprint density at radius 2 is 1.45 bits per heavy atom. The molecule has 44 heavy (non-hydrogen) atoms. The molecule has 234 valence electrons. The van der Waals surface area contributed by atoms with Crippen molar-refractivity contribution in [3.63, 3.8) is 0 Å². The number of unbranched alkanes of at least 4 members (excludes halogenated alkanes) is 2. The summed E-state index contributed by atoms with van der Waals surface area (Å²) in [5.41, 5.74) is 5.69. The molecule has 1 N–H and O–H groups in total. The summed E-state index contributed by atoms with van der Waals surface area (Å²) in [7, 11) is 0. The number of benzene rings is 3. The van der Waals surface area contributed by atoms with E-state index in [0.29, 0.717) is 24.7 Å². The third-order valence-corrected chi connectivity index (χ3v) is 8.50. The molecule has 0 amide bonds. The molecule has 6 heteroatoms. The van der Waals surface area contributed by atoms with Gasteiger partial charge in [0.15, 0.2) is 0 Å². The van der Waals surface area contributed by atoms with Gasteiger partial charge in [0.25, 0.3) is 0 Å². The van der Waals surface area contributed by atoms with E-state index in [2.05, 4.69) is 37.8 Å². The van der Waals surface area contributed by atoms with Crippen LogP contribution in [0.25, 0.3) is 22.3 Å². The molecule has 1 fully saturated rings. The highest BCUT2D eigenvalue weighted by Crippen LogP contribution is 2.43. The van der Waals surface area contributed by atoms with Crippen LogP contribution in [0.2, 0.25) is 0 Å². The summed E-state index contributed by atoms with van der Waals surface area (Å²) in [5, 5.41) is 9.30. The summed E-state index contributed by atoms with van der Waals surface area (Å²) in [5.74, 6) is 1.57. The molecule has 0 aliphatic heterocycles. The number of esters is 2. The maximum Gasteiger partial charge on any atom is 0.341 e. The normalized spacial score (nSPS) is 16.2. The molecular formula is C38H46O6. The van der Waals surface area contributed by atoms with Gasteiger partial charge in [0.05, 0.1) is 12.2 Å². The molecular weight excluding hydrogens is 552 g/mol. The van der Waals surface area contributed by atoms with Crippen LogP contribution in [0.1, 0.15) is 83.1 Å². The fraction of sp³-hybridized carbons (Fsp3) is 0.421. The Morgan fingerprint density at radius 1 is 0.818 bits per heavy atom. The van der Waals surface area contributed by atoms with Gasteiger partial charge in [-0.2, -0.15) is 0 Å². The standard InChI is InChI=1S/C38H46O6/c1-4-6-7-8-28-9-11-32(12-10-28)36-25-34(44-38(41)27(3)26-39)21-22-35(36)31-15-13-29(14-16-31)30-17-19-33(20-18-30)42-23-24-43-37(40)5-2/h13-22,25,28,32,39H,3-12,23-24,26H2,1-2H3. The molecule has 3 aromatic carbocycles. The first-order valence-corrected chi connectivity index (χ1v) is 16.1. The zero-order chi connectivity index (χ0) is 31.3. The molecule has 0 saturated heterocycles. The topological polar surface area (TPSA) is 82.1 Å². The number of hydrogen-bond donors (Lipinski definition) is 1. The molecule has 1 saturated carbocycles. The van der Waals surface area contributed by atoms with E-state index in [1.54, 1.807) is 6.92 Å². The third kappa shape index (κ3) is 9.30. The minimum Gasteiger partial charge on any atom is -0.490 e. The maximum atomic E-state index is 12.3. The van der Waals surface area contributed by atoms with Crippen molar-refractivity contribution in [2.75, 3.05) is 19.8 Å². The van der Waals surface area contributed by atoms with Crippen molar-refractivity contribution in [3.8, 4) is 33.8 Å². The smallest absolute Gasteiger partial charge is 0.341 e. The first kappa shape index (κ1) is 33.0. The lowest BCUT2D eigenvalue weighted by atomic mass is 9.75. The van der Waals surface area contributed by atoms with Gasteiger partial charge >= 0.3 is 11.9 Å². The van der Waals surface area contributed by atoms with E-state index in [9.17, 15) is 14.7 Å². The average Bonchev–Trinajstić information content (AvgIpc) is 3.07. The second kappa shape index (κ2) is 16.8. The molecule has 0 heterocycles. The number of hydrogen-bond acceptors (Lipinski definition) is 6. The molecule has 0 bridgehead atoms. The Morgan fingerprint density at radius 3 is 2.09 bits per heavy atom. The fourth-order valence-electron chi connectivity index (χ4n) is 5.90. The average molecular weight is 599 g/mol. The van der Waals surface area contributed by atoms with Gasteiger partial charge in [-0.15, -0.1) is 0 Å². The first-order chi connectivity index (χ1) is 21.4. The van der Waals surface area contributed by atoms with Gasteiger partial charge in [-0.05, 0) is 89.6 Å². The third-order valence-electron chi connectivity index (χ3n) is 8.50. The molecule has 3 aromatic rings. The predicted octanol–water partition coefficient (Wildman–Crippen LogP) is 8.66. The Bertz CT molecular complexity index is 1370. The summed E-state index contributed by atoms with van der Waals surface area (Å²) in [4.78, 5) is 23.6. The number of carbonyl (C=O) groups is 2. The summed E-state index contributed by atoms with van der Waals surface area (Å²) in [6, 6.07) is 22.3. The van der Waals surface area contributed by atoms with E-state index in [1.165, 1.54) is 44.1 Å². The van der Waals surface area contributed by atoms with E-state index in [-0.39, 0.29) is 18.1 Å². The van der Waals surface area contributed by atoms with Crippen molar-refractivity contribution in [2.24, 2.45) is 5.92 Å². The zero-order valence-electron chi connectivity index (χ0n) is 26.2. The Labute approximate surface area is 262 Å². The van der Waals surface area contributed by atoms with E-state index in [0.717, 1.165) is 46.8 Å². The molecule has 1 aliphatic carbocycles. The van der Waals surface area contributed by atoms with Gasteiger partial charge in [-0.1, -0.05) is 88.6 Å². The monoisotopic (exact) mass is 598 g/mol. The fourth-order valence-corrected chi connectivity index (χ4v) is 5.90. The van der Waals surface area contributed by atoms with Crippen LogP contribution in [-0.4, -0.2) is 36.9 Å². The van der Waals surface area contributed by atoms with Crippen molar-refractivity contribution in [2.45, 2.75) is 77.6 Å². The van der Waals surface area contributed by atoms with Crippen LogP contribution >= 0.6 is 0 Å². The number of aliphatic hydroxyl groups excluding tert-OH is 1. The van der Waals surface area contributed by atoms with Crippen molar-refractivity contribution < 1.29 is 28.9 Å². The first-order valence-electron chi connectivity index (χ1n) is 16.1.